The number of nitrogens with one attached hydrogen (secondary N) is 2. The Morgan fingerprint density at radius 2 is 1.90 bits per heavy atom. The molecule has 0 atom stereocenters. The Hall–Kier alpha value is -2.45. The second kappa shape index (κ2) is 9.84. The fourth-order valence-electron chi connectivity index (χ4n) is 2.82. The minimum Gasteiger partial charge on any atom is -0.326 e. The molecule has 29 heavy (non-hydrogen) atoms. The lowest BCUT2D eigenvalue weighted by Gasteiger charge is -2.12. The van der Waals surface area contributed by atoms with Gasteiger partial charge in [0.25, 0.3) is 0 Å². The third-order valence-corrected chi connectivity index (χ3v) is 6.63. The summed E-state index contributed by atoms with van der Waals surface area (Å²) in [6.45, 7) is 4.01. The number of halogens is 1. The van der Waals surface area contributed by atoms with Gasteiger partial charge in [0.15, 0.2) is 4.34 Å². The molecular weight excluding hydrogens is 409 g/mol. The fourth-order valence-corrected chi connectivity index (χ4v) is 4.73. The molecule has 0 aliphatic heterocycles. The lowest BCUT2D eigenvalue weighted by Crippen LogP contribution is -2.21. The second-order valence-corrected chi connectivity index (χ2v) is 8.73. The zero-order valence-electron chi connectivity index (χ0n) is 16.2. The molecule has 2 aromatic carbocycles. The number of hydrogen-bond donors (Lipinski definition) is 2. The van der Waals surface area contributed by atoms with Crippen molar-refractivity contribution in [2.45, 2.75) is 31.0 Å². The van der Waals surface area contributed by atoms with Crippen LogP contribution in [0.3, 0.4) is 0 Å². The number of hydrogen-bond acceptors (Lipinski definition) is 5. The summed E-state index contributed by atoms with van der Waals surface area (Å²) in [7, 11) is 0. The molecule has 1 aromatic heterocycles. The van der Waals surface area contributed by atoms with Crippen LogP contribution in [-0.4, -0.2) is 22.6 Å². The van der Waals surface area contributed by atoms with Crippen molar-refractivity contribution in [3.63, 3.8) is 0 Å². The quantitative estimate of drug-likeness (QED) is 0.459. The van der Waals surface area contributed by atoms with Gasteiger partial charge in [-0.05, 0) is 43.2 Å². The first-order valence-electron chi connectivity index (χ1n) is 9.38. The van der Waals surface area contributed by atoms with E-state index >= 15 is 0 Å². The third-order valence-electron chi connectivity index (χ3n) is 4.47. The molecule has 0 aliphatic rings. The van der Waals surface area contributed by atoms with E-state index in [0.717, 1.165) is 33.1 Å². The summed E-state index contributed by atoms with van der Waals surface area (Å²) in [6.07, 6.45) is 1.61. The number of rotatable bonds is 8. The summed E-state index contributed by atoms with van der Waals surface area (Å²) in [6, 6.07) is 11.7. The molecule has 0 saturated heterocycles. The molecule has 0 saturated carbocycles. The Labute approximate surface area is 177 Å². The van der Waals surface area contributed by atoms with Crippen molar-refractivity contribution in [2.24, 2.45) is 5.92 Å². The maximum absolute atomic E-state index is 13.6. The number of para-hydroxylation sites is 1. The van der Waals surface area contributed by atoms with Gasteiger partial charge in [-0.2, -0.15) is 0 Å². The monoisotopic (exact) mass is 431 g/mol. The summed E-state index contributed by atoms with van der Waals surface area (Å²) < 4.78 is 15.3. The molecule has 0 spiro atoms. The Balaban J connectivity index is 1.62. The van der Waals surface area contributed by atoms with Crippen LogP contribution in [-0.2, 0) is 9.59 Å². The number of thioether (sulfide) groups is 1. The second-order valence-electron chi connectivity index (χ2n) is 6.48. The Morgan fingerprint density at radius 3 is 2.62 bits per heavy atom. The van der Waals surface area contributed by atoms with Gasteiger partial charge >= 0.3 is 0 Å². The van der Waals surface area contributed by atoms with Gasteiger partial charge in [0.05, 0.1) is 21.7 Å². The molecule has 0 unspecified atom stereocenters. The predicted molar refractivity (Wildman–Crippen MR) is 118 cm³/mol. The Morgan fingerprint density at radius 1 is 1.14 bits per heavy atom. The van der Waals surface area contributed by atoms with Gasteiger partial charge in [-0.25, -0.2) is 9.37 Å². The van der Waals surface area contributed by atoms with Crippen LogP contribution in [0.2, 0.25) is 0 Å². The van der Waals surface area contributed by atoms with Crippen molar-refractivity contribution in [1.82, 2.24) is 4.98 Å². The highest BCUT2D eigenvalue weighted by Gasteiger charge is 2.15. The van der Waals surface area contributed by atoms with Crippen LogP contribution in [0.15, 0.2) is 46.8 Å². The number of carbonyl (C=O) groups excluding carboxylic acids is 2. The SMILES string of the molecule is CCC(CC)C(=O)Nc1ccc2nc(SCC(=O)Nc3ccccc3F)sc2c1. The van der Waals surface area contributed by atoms with Crippen LogP contribution in [0, 0.1) is 11.7 Å². The molecule has 1 heterocycles. The third kappa shape index (κ3) is 5.55. The minimum absolute atomic E-state index is 0.00578. The van der Waals surface area contributed by atoms with Crippen LogP contribution in [0.4, 0.5) is 15.8 Å². The van der Waals surface area contributed by atoms with Crippen molar-refractivity contribution in [1.29, 1.82) is 0 Å². The maximum Gasteiger partial charge on any atom is 0.234 e. The van der Waals surface area contributed by atoms with Crippen molar-refractivity contribution >= 4 is 56.5 Å². The highest BCUT2D eigenvalue weighted by atomic mass is 32.2. The number of fused-ring (bicyclic) bond motifs is 1. The number of amides is 2. The van der Waals surface area contributed by atoms with Crippen molar-refractivity contribution in [2.75, 3.05) is 16.4 Å². The molecule has 3 aromatic rings. The molecule has 2 N–H and O–H groups in total. The van der Waals surface area contributed by atoms with E-state index in [2.05, 4.69) is 15.6 Å². The molecule has 3 rings (SSSR count). The van der Waals surface area contributed by atoms with Crippen LogP contribution in [0.5, 0.6) is 0 Å². The van der Waals surface area contributed by atoms with Gasteiger partial charge in [-0.3, -0.25) is 9.59 Å². The van der Waals surface area contributed by atoms with Gasteiger partial charge in [-0.15, -0.1) is 11.3 Å². The highest BCUT2D eigenvalue weighted by molar-refractivity contribution is 8.01. The largest absolute Gasteiger partial charge is 0.326 e. The smallest absolute Gasteiger partial charge is 0.234 e. The molecule has 2 amide bonds. The average Bonchev–Trinajstić information content (AvgIpc) is 3.11. The van der Waals surface area contributed by atoms with Crippen LogP contribution in [0.25, 0.3) is 10.2 Å². The van der Waals surface area contributed by atoms with Gasteiger partial charge in [0.2, 0.25) is 11.8 Å². The lowest BCUT2D eigenvalue weighted by atomic mass is 10.0. The summed E-state index contributed by atoms with van der Waals surface area (Å²) in [5, 5.41) is 5.52. The Bertz CT molecular complexity index is 1020. The first kappa shape index (κ1) is 21.3. The summed E-state index contributed by atoms with van der Waals surface area (Å²) >= 11 is 2.75. The molecule has 0 fully saturated rings. The normalized spacial score (nSPS) is 11.0. The minimum atomic E-state index is -0.464. The van der Waals surface area contributed by atoms with E-state index < -0.39 is 5.82 Å². The number of thiazole rings is 1. The molecule has 0 radical (unpaired) electrons. The van der Waals surface area contributed by atoms with Gasteiger partial charge in [0.1, 0.15) is 5.82 Å². The number of benzene rings is 2. The number of carbonyl (C=O) groups is 2. The van der Waals surface area contributed by atoms with Crippen LogP contribution >= 0.6 is 23.1 Å². The zero-order chi connectivity index (χ0) is 20.8. The van der Waals surface area contributed by atoms with Gasteiger partial charge in [-0.1, -0.05) is 37.7 Å². The molecule has 0 bridgehead atoms. The average molecular weight is 432 g/mol. The van der Waals surface area contributed by atoms with Crippen molar-refractivity contribution in [3.8, 4) is 0 Å². The highest BCUT2D eigenvalue weighted by Crippen LogP contribution is 2.31. The first-order chi connectivity index (χ1) is 14.0. The van der Waals surface area contributed by atoms with E-state index in [-0.39, 0.29) is 29.2 Å². The van der Waals surface area contributed by atoms with Gasteiger partial charge < -0.3 is 10.6 Å². The number of aromatic nitrogens is 1. The fraction of sp³-hybridized carbons (Fsp3) is 0.286. The van der Waals surface area contributed by atoms with Crippen molar-refractivity contribution < 1.29 is 14.0 Å². The lowest BCUT2D eigenvalue weighted by molar-refractivity contribution is -0.120. The summed E-state index contributed by atoms with van der Waals surface area (Å²) in [4.78, 5) is 28.9. The topological polar surface area (TPSA) is 71.1 Å². The summed E-state index contributed by atoms with van der Waals surface area (Å²) in [5.41, 5.74) is 1.72. The van der Waals surface area contributed by atoms with Crippen LogP contribution in [0.1, 0.15) is 26.7 Å². The van der Waals surface area contributed by atoms with Crippen LogP contribution < -0.4 is 10.6 Å². The zero-order valence-corrected chi connectivity index (χ0v) is 17.8. The number of anilines is 2. The molecular formula is C21H22FN3O2S2. The summed E-state index contributed by atoms with van der Waals surface area (Å²) in [5.74, 6) is -0.595. The van der Waals surface area contributed by atoms with E-state index in [0.29, 0.717) is 0 Å². The van der Waals surface area contributed by atoms with Crippen molar-refractivity contribution in [3.05, 3.63) is 48.3 Å². The van der Waals surface area contributed by atoms with E-state index in [4.69, 9.17) is 0 Å². The standard InChI is InChI=1S/C21H22FN3O2S2/c1-3-13(4-2)20(27)23-14-9-10-17-18(11-14)29-21(25-17)28-12-19(26)24-16-8-6-5-7-15(16)22/h5-11,13H,3-4,12H2,1-2H3,(H,23,27)(H,24,26). The van der Waals surface area contributed by atoms with E-state index in [1.165, 1.54) is 35.2 Å². The first-order valence-corrected chi connectivity index (χ1v) is 11.2. The van der Waals surface area contributed by atoms with E-state index in [1.807, 2.05) is 32.0 Å². The maximum atomic E-state index is 13.6. The Kier molecular flexibility index (Phi) is 7.22. The molecule has 152 valence electrons. The molecule has 8 heteroatoms. The molecule has 0 aliphatic carbocycles. The van der Waals surface area contributed by atoms with E-state index in [1.54, 1.807) is 12.1 Å². The van der Waals surface area contributed by atoms with Gasteiger partial charge in [0, 0.05) is 11.6 Å². The predicted octanol–water partition coefficient (Wildman–Crippen LogP) is 5.54. The van der Waals surface area contributed by atoms with E-state index in [9.17, 15) is 14.0 Å². The molecule has 5 nitrogen and oxygen atoms in total. The number of nitrogens with zero attached hydrogens (tertiary/aromatic N) is 1.